The fourth-order valence-electron chi connectivity index (χ4n) is 1.82. The Morgan fingerprint density at radius 1 is 1.56 bits per heavy atom. The number of amides is 1. The molecule has 0 radical (unpaired) electrons. The Bertz CT molecular complexity index is 356. The van der Waals surface area contributed by atoms with Crippen LogP contribution in [0.2, 0.25) is 0 Å². The second-order valence-electron chi connectivity index (χ2n) is 4.04. The molecule has 0 bridgehead atoms. The van der Waals surface area contributed by atoms with Gasteiger partial charge in [-0.25, -0.2) is 4.98 Å². The highest BCUT2D eigenvalue weighted by atomic mass is 32.1. The molecule has 16 heavy (non-hydrogen) atoms. The van der Waals surface area contributed by atoms with Crippen LogP contribution in [0.3, 0.4) is 0 Å². The van der Waals surface area contributed by atoms with Crippen LogP contribution in [-0.4, -0.2) is 42.0 Å². The number of rotatable bonds is 2. The second-order valence-corrected chi connectivity index (χ2v) is 4.99. The first-order chi connectivity index (χ1) is 7.75. The number of nitrogens with one attached hydrogen (secondary N) is 1. The predicted molar refractivity (Wildman–Crippen MR) is 64.6 cm³/mol. The number of hydrogen-bond acceptors (Lipinski definition) is 4. The number of nitrogens with zero attached hydrogens (tertiary/aromatic N) is 2. The number of carbonyl (C=O) groups is 1. The molecular formula is C11H17N3OS. The van der Waals surface area contributed by atoms with Gasteiger partial charge in [-0.3, -0.25) is 4.79 Å². The lowest BCUT2D eigenvalue weighted by Gasteiger charge is -2.19. The van der Waals surface area contributed by atoms with Gasteiger partial charge >= 0.3 is 0 Å². The maximum atomic E-state index is 12.0. The van der Waals surface area contributed by atoms with Gasteiger partial charge in [-0.1, -0.05) is 0 Å². The number of thiazole rings is 1. The average molecular weight is 239 g/mol. The topological polar surface area (TPSA) is 45.2 Å². The SMILES string of the molecule is Cc1csc(CC(=O)N2CCCNCC2)n1. The number of aromatic nitrogens is 1. The number of carbonyl (C=O) groups excluding carboxylic acids is 1. The van der Waals surface area contributed by atoms with Gasteiger partial charge in [0.05, 0.1) is 6.42 Å². The number of hydrogen-bond donors (Lipinski definition) is 1. The van der Waals surface area contributed by atoms with Crippen molar-refractivity contribution >= 4 is 17.2 Å². The summed E-state index contributed by atoms with van der Waals surface area (Å²) in [5.41, 5.74) is 1.00. The van der Waals surface area contributed by atoms with Crippen LogP contribution < -0.4 is 5.32 Å². The summed E-state index contributed by atoms with van der Waals surface area (Å²) in [7, 11) is 0. The second kappa shape index (κ2) is 5.41. The summed E-state index contributed by atoms with van der Waals surface area (Å²) in [6, 6.07) is 0. The quantitative estimate of drug-likeness (QED) is 0.831. The largest absolute Gasteiger partial charge is 0.341 e. The van der Waals surface area contributed by atoms with Crippen molar-refractivity contribution in [3.05, 3.63) is 16.1 Å². The van der Waals surface area contributed by atoms with Gasteiger partial charge in [0.1, 0.15) is 5.01 Å². The highest BCUT2D eigenvalue weighted by molar-refractivity contribution is 7.09. The van der Waals surface area contributed by atoms with Crippen molar-refractivity contribution in [1.82, 2.24) is 15.2 Å². The van der Waals surface area contributed by atoms with E-state index in [0.717, 1.165) is 43.3 Å². The average Bonchev–Trinajstić information content (AvgIpc) is 2.56. The monoisotopic (exact) mass is 239 g/mol. The molecule has 0 unspecified atom stereocenters. The lowest BCUT2D eigenvalue weighted by molar-refractivity contribution is -0.130. The van der Waals surface area contributed by atoms with Crippen molar-refractivity contribution in [2.75, 3.05) is 26.2 Å². The molecule has 88 valence electrons. The molecule has 1 aromatic rings. The zero-order valence-electron chi connectivity index (χ0n) is 9.53. The third-order valence-electron chi connectivity index (χ3n) is 2.66. The third-order valence-corrected chi connectivity index (χ3v) is 3.63. The van der Waals surface area contributed by atoms with E-state index in [4.69, 9.17) is 0 Å². The molecule has 0 aromatic carbocycles. The normalized spacial score (nSPS) is 17.2. The smallest absolute Gasteiger partial charge is 0.229 e. The Hall–Kier alpha value is -0.940. The fraction of sp³-hybridized carbons (Fsp3) is 0.636. The molecule has 4 nitrogen and oxygen atoms in total. The Kier molecular flexibility index (Phi) is 3.90. The van der Waals surface area contributed by atoms with Crippen LogP contribution >= 0.6 is 11.3 Å². The van der Waals surface area contributed by atoms with Crippen LogP contribution in [0.5, 0.6) is 0 Å². The molecule has 0 aliphatic carbocycles. The summed E-state index contributed by atoms with van der Waals surface area (Å²) < 4.78 is 0. The van der Waals surface area contributed by atoms with E-state index < -0.39 is 0 Å². The van der Waals surface area contributed by atoms with Crippen molar-refractivity contribution in [1.29, 1.82) is 0 Å². The van der Waals surface area contributed by atoms with E-state index in [2.05, 4.69) is 10.3 Å². The van der Waals surface area contributed by atoms with Crippen LogP contribution in [0.25, 0.3) is 0 Å². The molecule has 0 spiro atoms. The predicted octanol–water partition coefficient (Wildman–Crippen LogP) is 0.816. The van der Waals surface area contributed by atoms with Crippen molar-refractivity contribution in [3.8, 4) is 0 Å². The molecule has 1 amide bonds. The van der Waals surface area contributed by atoms with E-state index in [-0.39, 0.29) is 5.91 Å². The molecule has 1 aromatic heterocycles. The molecule has 2 rings (SSSR count). The minimum atomic E-state index is 0.207. The van der Waals surface area contributed by atoms with Crippen LogP contribution in [0.1, 0.15) is 17.1 Å². The fourth-order valence-corrected chi connectivity index (χ4v) is 2.58. The van der Waals surface area contributed by atoms with Crippen molar-refractivity contribution in [2.24, 2.45) is 0 Å². The molecule has 2 heterocycles. The lowest BCUT2D eigenvalue weighted by atomic mass is 10.3. The van der Waals surface area contributed by atoms with Gasteiger partial charge in [-0.05, 0) is 19.9 Å². The highest BCUT2D eigenvalue weighted by Gasteiger charge is 2.16. The van der Waals surface area contributed by atoms with E-state index in [1.807, 2.05) is 17.2 Å². The molecule has 1 aliphatic rings. The van der Waals surface area contributed by atoms with E-state index in [1.54, 1.807) is 11.3 Å². The number of aryl methyl sites for hydroxylation is 1. The van der Waals surface area contributed by atoms with Crippen LogP contribution in [0.4, 0.5) is 0 Å². The summed E-state index contributed by atoms with van der Waals surface area (Å²) >= 11 is 1.57. The third kappa shape index (κ3) is 3.02. The molecule has 0 saturated carbocycles. The Morgan fingerprint density at radius 3 is 3.19 bits per heavy atom. The van der Waals surface area contributed by atoms with Crippen molar-refractivity contribution in [2.45, 2.75) is 19.8 Å². The van der Waals surface area contributed by atoms with Gasteiger partial charge in [0.2, 0.25) is 5.91 Å². The molecule has 0 atom stereocenters. The lowest BCUT2D eigenvalue weighted by Crippen LogP contribution is -2.35. The maximum Gasteiger partial charge on any atom is 0.229 e. The zero-order chi connectivity index (χ0) is 11.4. The first-order valence-electron chi connectivity index (χ1n) is 5.65. The minimum Gasteiger partial charge on any atom is -0.341 e. The maximum absolute atomic E-state index is 12.0. The summed E-state index contributed by atoms with van der Waals surface area (Å²) in [5, 5.41) is 6.22. The summed E-state index contributed by atoms with van der Waals surface area (Å²) in [6.07, 6.45) is 1.50. The summed E-state index contributed by atoms with van der Waals surface area (Å²) in [5.74, 6) is 0.207. The standard InChI is InChI=1S/C11H17N3OS/c1-9-8-16-10(13-9)7-11(15)14-5-2-3-12-4-6-14/h8,12H,2-7H2,1H3. The van der Waals surface area contributed by atoms with Gasteiger partial charge in [0.25, 0.3) is 0 Å². The van der Waals surface area contributed by atoms with Crippen molar-refractivity contribution < 1.29 is 4.79 Å². The van der Waals surface area contributed by atoms with Crippen LogP contribution in [-0.2, 0) is 11.2 Å². The summed E-state index contributed by atoms with van der Waals surface area (Å²) in [6.45, 7) is 5.57. The minimum absolute atomic E-state index is 0.207. The Labute approximate surface area is 99.7 Å². The van der Waals surface area contributed by atoms with Gasteiger partial charge in [-0.2, -0.15) is 0 Å². The van der Waals surface area contributed by atoms with Crippen LogP contribution in [0, 0.1) is 6.92 Å². The molecular weight excluding hydrogens is 222 g/mol. The molecule has 1 N–H and O–H groups in total. The zero-order valence-corrected chi connectivity index (χ0v) is 10.3. The van der Waals surface area contributed by atoms with E-state index in [9.17, 15) is 4.79 Å². The molecule has 5 heteroatoms. The van der Waals surface area contributed by atoms with Gasteiger partial charge in [0.15, 0.2) is 0 Å². The highest BCUT2D eigenvalue weighted by Crippen LogP contribution is 2.11. The van der Waals surface area contributed by atoms with E-state index in [1.165, 1.54) is 0 Å². The first kappa shape index (κ1) is 11.5. The van der Waals surface area contributed by atoms with Gasteiger partial charge in [-0.15, -0.1) is 11.3 Å². The molecule has 1 aliphatic heterocycles. The van der Waals surface area contributed by atoms with E-state index >= 15 is 0 Å². The Balaban J connectivity index is 1.91. The van der Waals surface area contributed by atoms with Gasteiger partial charge < -0.3 is 10.2 Å². The van der Waals surface area contributed by atoms with Gasteiger partial charge in [0, 0.05) is 30.7 Å². The van der Waals surface area contributed by atoms with E-state index in [0.29, 0.717) is 6.42 Å². The first-order valence-corrected chi connectivity index (χ1v) is 6.53. The Morgan fingerprint density at radius 2 is 2.44 bits per heavy atom. The molecule has 1 fully saturated rings. The molecule has 1 saturated heterocycles. The summed E-state index contributed by atoms with van der Waals surface area (Å²) in [4.78, 5) is 18.3. The van der Waals surface area contributed by atoms with Crippen LogP contribution in [0.15, 0.2) is 5.38 Å². The van der Waals surface area contributed by atoms with Crippen molar-refractivity contribution in [3.63, 3.8) is 0 Å².